The SMILES string of the molecule is CC[C@@H](N)CN1CCCS(=O)(=O)CC1. The van der Waals surface area contributed by atoms with Gasteiger partial charge in [0.15, 0.2) is 9.84 Å². The highest BCUT2D eigenvalue weighted by molar-refractivity contribution is 7.91. The molecule has 5 heteroatoms. The highest BCUT2D eigenvalue weighted by Crippen LogP contribution is 2.05. The first kappa shape index (κ1) is 11.9. The third-order valence-corrected chi connectivity index (χ3v) is 4.38. The largest absolute Gasteiger partial charge is 0.327 e. The second-order valence-corrected chi connectivity index (χ2v) is 6.28. The normalized spacial score (nSPS) is 25.6. The van der Waals surface area contributed by atoms with Gasteiger partial charge in [-0.15, -0.1) is 0 Å². The van der Waals surface area contributed by atoms with Gasteiger partial charge in [-0.05, 0) is 19.4 Å². The summed E-state index contributed by atoms with van der Waals surface area (Å²) in [4.78, 5) is 2.17. The number of nitrogens with zero attached hydrogens (tertiary/aromatic N) is 1. The monoisotopic (exact) mass is 220 g/mol. The fourth-order valence-electron chi connectivity index (χ4n) is 1.63. The van der Waals surface area contributed by atoms with Crippen LogP contribution in [0.3, 0.4) is 0 Å². The Morgan fingerprint density at radius 2 is 2.07 bits per heavy atom. The van der Waals surface area contributed by atoms with Gasteiger partial charge in [0.25, 0.3) is 0 Å². The molecule has 0 spiro atoms. The number of nitrogens with two attached hydrogens (primary N) is 1. The summed E-state index contributed by atoms with van der Waals surface area (Å²) in [5.74, 6) is 0.633. The van der Waals surface area contributed by atoms with Crippen LogP contribution in [0.4, 0.5) is 0 Å². The zero-order chi connectivity index (χ0) is 10.6. The summed E-state index contributed by atoms with van der Waals surface area (Å²) < 4.78 is 22.6. The molecule has 1 atom stereocenters. The first-order valence-corrected chi connectivity index (χ1v) is 7.04. The lowest BCUT2D eigenvalue weighted by Gasteiger charge is -2.22. The van der Waals surface area contributed by atoms with E-state index in [-0.39, 0.29) is 6.04 Å². The van der Waals surface area contributed by atoms with Crippen LogP contribution in [0.15, 0.2) is 0 Å². The highest BCUT2D eigenvalue weighted by atomic mass is 32.2. The van der Waals surface area contributed by atoms with Crippen LogP contribution in [0.25, 0.3) is 0 Å². The molecule has 0 aromatic carbocycles. The molecule has 1 heterocycles. The molecule has 1 saturated heterocycles. The fraction of sp³-hybridized carbons (Fsp3) is 1.00. The smallest absolute Gasteiger partial charge is 0.151 e. The van der Waals surface area contributed by atoms with E-state index in [4.69, 9.17) is 5.73 Å². The third kappa shape index (κ3) is 3.94. The Kier molecular flexibility index (Phi) is 4.34. The molecule has 84 valence electrons. The Bertz CT molecular complexity index is 264. The number of sulfone groups is 1. The van der Waals surface area contributed by atoms with Crippen molar-refractivity contribution in [3.8, 4) is 0 Å². The van der Waals surface area contributed by atoms with E-state index in [1.165, 1.54) is 0 Å². The van der Waals surface area contributed by atoms with E-state index >= 15 is 0 Å². The van der Waals surface area contributed by atoms with E-state index in [1.54, 1.807) is 0 Å². The maximum atomic E-state index is 11.3. The maximum absolute atomic E-state index is 11.3. The van der Waals surface area contributed by atoms with Gasteiger partial charge in [-0.2, -0.15) is 0 Å². The van der Waals surface area contributed by atoms with Crippen molar-refractivity contribution in [3.63, 3.8) is 0 Å². The molecular weight excluding hydrogens is 200 g/mol. The number of rotatable bonds is 3. The molecule has 14 heavy (non-hydrogen) atoms. The van der Waals surface area contributed by atoms with Gasteiger partial charge in [-0.1, -0.05) is 6.92 Å². The number of hydrogen-bond donors (Lipinski definition) is 1. The lowest BCUT2D eigenvalue weighted by molar-refractivity contribution is 0.273. The molecule has 2 N–H and O–H groups in total. The fourth-order valence-corrected chi connectivity index (χ4v) is 2.94. The minimum Gasteiger partial charge on any atom is -0.327 e. The summed E-state index contributed by atoms with van der Waals surface area (Å²) >= 11 is 0. The average molecular weight is 220 g/mol. The van der Waals surface area contributed by atoms with Crippen molar-refractivity contribution >= 4 is 9.84 Å². The summed E-state index contributed by atoms with van der Waals surface area (Å²) in [6.07, 6.45) is 1.70. The van der Waals surface area contributed by atoms with Gasteiger partial charge in [0.05, 0.1) is 11.5 Å². The summed E-state index contributed by atoms with van der Waals surface area (Å²) in [5, 5.41) is 0. The minimum atomic E-state index is -2.78. The minimum absolute atomic E-state index is 0.177. The van der Waals surface area contributed by atoms with Crippen LogP contribution in [0, 0.1) is 0 Å². The van der Waals surface area contributed by atoms with Crippen molar-refractivity contribution < 1.29 is 8.42 Å². The maximum Gasteiger partial charge on any atom is 0.151 e. The topological polar surface area (TPSA) is 63.4 Å². The quantitative estimate of drug-likeness (QED) is 0.718. The Morgan fingerprint density at radius 3 is 2.71 bits per heavy atom. The molecule has 0 bridgehead atoms. The molecule has 1 aliphatic rings. The zero-order valence-electron chi connectivity index (χ0n) is 8.78. The lowest BCUT2D eigenvalue weighted by Crippen LogP contribution is -2.38. The van der Waals surface area contributed by atoms with Crippen LogP contribution >= 0.6 is 0 Å². The Hall–Kier alpha value is -0.130. The molecule has 0 saturated carbocycles. The Labute approximate surface area is 86.4 Å². The molecule has 0 unspecified atom stereocenters. The van der Waals surface area contributed by atoms with Crippen LogP contribution in [0.1, 0.15) is 19.8 Å². The summed E-state index contributed by atoms with van der Waals surface area (Å²) in [6.45, 7) is 4.40. The van der Waals surface area contributed by atoms with Crippen LogP contribution in [0.2, 0.25) is 0 Å². The van der Waals surface area contributed by atoms with Gasteiger partial charge in [-0.3, -0.25) is 0 Å². The molecule has 4 nitrogen and oxygen atoms in total. The molecule has 0 aromatic rings. The molecule has 0 aliphatic carbocycles. The van der Waals surface area contributed by atoms with Crippen LogP contribution in [-0.2, 0) is 9.84 Å². The van der Waals surface area contributed by atoms with Crippen molar-refractivity contribution in [3.05, 3.63) is 0 Å². The summed E-state index contributed by atoms with van der Waals surface area (Å²) in [5.41, 5.74) is 5.83. The van der Waals surface area contributed by atoms with Crippen LogP contribution < -0.4 is 5.73 Å². The van der Waals surface area contributed by atoms with E-state index in [1.807, 2.05) is 0 Å². The molecular formula is C9H20N2O2S. The van der Waals surface area contributed by atoms with Gasteiger partial charge < -0.3 is 10.6 Å². The van der Waals surface area contributed by atoms with E-state index in [0.29, 0.717) is 18.1 Å². The molecule has 1 aliphatic heterocycles. The second kappa shape index (κ2) is 5.09. The van der Waals surface area contributed by atoms with Crippen molar-refractivity contribution in [2.24, 2.45) is 5.73 Å². The summed E-state index contributed by atoms with van der Waals surface area (Å²) in [6, 6.07) is 0.177. The van der Waals surface area contributed by atoms with Crippen molar-refractivity contribution in [1.29, 1.82) is 0 Å². The summed E-state index contributed by atoms with van der Waals surface area (Å²) in [7, 11) is -2.78. The predicted molar refractivity (Wildman–Crippen MR) is 58.0 cm³/mol. The zero-order valence-corrected chi connectivity index (χ0v) is 9.59. The number of hydrogen-bond acceptors (Lipinski definition) is 4. The molecule has 1 fully saturated rings. The molecule has 0 amide bonds. The van der Waals surface area contributed by atoms with Crippen molar-refractivity contribution in [2.75, 3.05) is 31.1 Å². The third-order valence-electron chi connectivity index (χ3n) is 2.67. The van der Waals surface area contributed by atoms with Gasteiger partial charge in [0.1, 0.15) is 0 Å². The molecule has 1 rings (SSSR count). The molecule has 0 radical (unpaired) electrons. The van der Waals surface area contributed by atoms with Crippen LogP contribution in [0.5, 0.6) is 0 Å². The van der Waals surface area contributed by atoms with E-state index in [9.17, 15) is 8.42 Å². The first-order valence-electron chi connectivity index (χ1n) is 5.22. The Morgan fingerprint density at radius 1 is 1.36 bits per heavy atom. The average Bonchev–Trinajstić information content (AvgIpc) is 2.28. The van der Waals surface area contributed by atoms with E-state index in [0.717, 1.165) is 25.9 Å². The van der Waals surface area contributed by atoms with Gasteiger partial charge in [-0.25, -0.2) is 8.42 Å². The van der Waals surface area contributed by atoms with Crippen molar-refractivity contribution in [2.45, 2.75) is 25.8 Å². The van der Waals surface area contributed by atoms with E-state index < -0.39 is 9.84 Å². The van der Waals surface area contributed by atoms with Gasteiger partial charge >= 0.3 is 0 Å². The van der Waals surface area contributed by atoms with Gasteiger partial charge in [0.2, 0.25) is 0 Å². The molecule has 0 aromatic heterocycles. The lowest BCUT2D eigenvalue weighted by atomic mass is 10.2. The Balaban J connectivity index is 2.42. The standard InChI is InChI=1S/C9H20N2O2S/c1-2-9(10)8-11-4-3-6-14(12,13)7-5-11/h9H,2-8,10H2,1H3/t9-/m1/s1. The predicted octanol–water partition coefficient (Wildman–Crippen LogP) is -0.156. The first-order chi connectivity index (χ1) is 6.53. The van der Waals surface area contributed by atoms with Crippen molar-refractivity contribution in [1.82, 2.24) is 4.90 Å². The van der Waals surface area contributed by atoms with E-state index in [2.05, 4.69) is 11.8 Å². The second-order valence-electron chi connectivity index (χ2n) is 3.97. The van der Waals surface area contributed by atoms with Gasteiger partial charge in [0, 0.05) is 19.1 Å². The highest BCUT2D eigenvalue weighted by Gasteiger charge is 2.19. The van der Waals surface area contributed by atoms with Crippen LogP contribution in [-0.4, -0.2) is 50.5 Å².